The first-order valence-electron chi connectivity index (χ1n) is 6.89. The van der Waals surface area contributed by atoms with Gasteiger partial charge in [0.2, 0.25) is 0 Å². The number of halogens is 2. The molecule has 1 aliphatic rings. The highest BCUT2D eigenvalue weighted by Crippen LogP contribution is 2.30. The van der Waals surface area contributed by atoms with E-state index in [1.807, 2.05) is 4.90 Å². The van der Waals surface area contributed by atoms with Gasteiger partial charge in [-0.15, -0.1) is 0 Å². The first-order valence-corrected chi connectivity index (χ1v) is 6.89. The fraction of sp³-hybridized carbons (Fsp3) is 0.600. The Hall–Kier alpha value is -1.00. The Balaban J connectivity index is 2.10. The van der Waals surface area contributed by atoms with Gasteiger partial charge in [0.25, 0.3) is 5.92 Å². The van der Waals surface area contributed by atoms with Gasteiger partial charge in [0.05, 0.1) is 6.54 Å². The van der Waals surface area contributed by atoms with E-state index in [0.29, 0.717) is 12.5 Å². The van der Waals surface area contributed by atoms with E-state index in [9.17, 15) is 8.78 Å². The quantitative estimate of drug-likeness (QED) is 0.903. The third kappa shape index (κ3) is 3.51. The van der Waals surface area contributed by atoms with Crippen LogP contribution in [-0.4, -0.2) is 37.1 Å². The SMILES string of the molecule is CC(C)C1CNCCN1CC(F)(F)c1ccccc1. The van der Waals surface area contributed by atoms with E-state index in [1.165, 1.54) is 12.1 Å². The molecular formula is C15H22F2N2. The summed E-state index contributed by atoms with van der Waals surface area (Å²) in [6, 6.07) is 8.30. The molecule has 19 heavy (non-hydrogen) atoms. The highest BCUT2D eigenvalue weighted by molar-refractivity contribution is 5.20. The van der Waals surface area contributed by atoms with Gasteiger partial charge in [-0.25, -0.2) is 0 Å². The second kappa shape index (κ2) is 5.97. The monoisotopic (exact) mass is 268 g/mol. The number of hydrogen-bond acceptors (Lipinski definition) is 2. The molecule has 0 amide bonds. The van der Waals surface area contributed by atoms with Crippen molar-refractivity contribution in [2.75, 3.05) is 26.2 Å². The molecule has 1 atom stereocenters. The number of benzene rings is 1. The molecule has 0 spiro atoms. The summed E-state index contributed by atoms with van der Waals surface area (Å²) in [5.41, 5.74) is 0.107. The lowest BCUT2D eigenvalue weighted by Gasteiger charge is -2.40. The van der Waals surface area contributed by atoms with E-state index in [4.69, 9.17) is 0 Å². The molecular weight excluding hydrogens is 246 g/mol. The second-order valence-corrected chi connectivity index (χ2v) is 5.56. The van der Waals surface area contributed by atoms with Gasteiger partial charge >= 0.3 is 0 Å². The lowest BCUT2D eigenvalue weighted by Crippen LogP contribution is -2.55. The van der Waals surface area contributed by atoms with Crippen LogP contribution in [0, 0.1) is 5.92 Å². The molecule has 2 rings (SSSR count). The summed E-state index contributed by atoms with van der Waals surface area (Å²) in [4.78, 5) is 1.92. The Morgan fingerprint density at radius 1 is 1.32 bits per heavy atom. The predicted molar refractivity (Wildman–Crippen MR) is 73.4 cm³/mol. The zero-order valence-corrected chi connectivity index (χ0v) is 11.6. The largest absolute Gasteiger partial charge is 0.314 e. The summed E-state index contributed by atoms with van der Waals surface area (Å²) in [6.07, 6.45) is 0. The molecule has 0 aromatic heterocycles. The molecule has 1 saturated heterocycles. The molecule has 1 N–H and O–H groups in total. The van der Waals surface area contributed by atoms with Crippen LogP contribution < -0.4 is 5.32 Å². The van der Waals surface area contributed by atoms with Crippen LogP contribution in [0.1, 0.15) is 19.4 Å². The molecule has 1 aromatic rings. The molecule has 0 radical (unpaired) electrons. The van der Waals surface area contributed by atoms with Crippen molar-refractivity contribution in [1.82, 2.24) is 10.2 Å². The standard InChI is InChI=1S/C15H22F2N2/c1-12(2)14-10-18-8-9-19(14)11-15(16,17)13-6-4-3-5-7-13/h3-7,12,14,18H,8-11H2,1-2H3. The molecule has 1 unspecified atom stereocenters. The van der Waals surface area contributed by atoms with Crippen molar-refractivity contribution in [3.05, 3.63) is 35.9 Å². The molecule has 1 fully saturated rings. The number of nitrogens with zero attached hydrogens (tertiary/aromatic N) is 1. The minimum Gasteiger partial charge on any atom is -0.314 e. The third-order valence-electron chi connectivity index (χ3n) is 3.77. The Morgan fingerprint density at radius 2 is 2.00 bits per heavy atom. The van der Waals surface area contributed by atoms with Gasteiger partial charge in [0.15, 0.2) is 0 Å². The molecule has 1 aromatic carbocycles. The van der Waals surface area contributed by atoms with E-state index in [-0.39, 0.29) is 18.2 Å². The van der Waals surface area contributed by atoms with Crippen LogP contribution in [0.2, 0.25) is 0 Å². The highest BCUT2D eigenvalue weighted by atomic mass is 19.3. The summed E-state index contributed by atoms with van der Waals surface area (Å²) in [5.74, 6) is -2.41. The third-order valence-corrected chi connectivity index (χ3v) is 3.77. The fourth-order valence-electron chi connectivity index (χ4n) is 2.65. The van der Waals surface area contributed by atoms with Crippen molar-refractivity contribution in [2.24, 2.45) is 5.92 Å². The molecule has 0 aliphatic carbocycles. The zero-order valence-electron chi connectivity index (χ0n) is 11.6. The van der Waals surface area contributed by atoms with Crippen LogP contribution in [0.3, 0.4) is 0 Å². The lowest BCUT2D eigenvalue weighted by atomic mass is 9.99. The average molecular weight is 268 g/mol. The van der Waals surface area contributed by atoms with Crippen molar-refractivity contribution >= 4 is 0 Å². The number of piperazine rings is 1. The van der Waals surface area contributed by atoms with Gasteiger partial charge in [-0.2, -0.15) is 8.78 Å². The molecule has 1 aliphatic heterocycles. The first kappa shape index (κ1) is 14.4. The van der Waals surface area contributed by atoms with Crippen LogP contribution in [0.5, 0.6) is 0 Å². The molecule has 0 bridgehead atoms. The minimum absolute atomic E-state index is 0.107. The Bertz CT molecular complexity index is 392. The Morgan fingerprint density at radius 3 is 2.63 bits per heavy atom. The number of rotatable bonds is 4. The van der Waals surface area contributed by atoms with E-state index >= 15 is 0 Å². The van der Waals surface area contributed by atoms with Crippen molar-refractivity contribution in [2.45, 2.75) is 25.8 Å². The molecule has 106 valence electrons. The first-order chi connectivity index (χ1) is 9.00. The van der Waals surface area contributed by atoms with Gasteiger partial charge in [0, 0.05) is 31.2 Å². The van der Waals surface area contributed by atoms with Crippen LogP contribution in [-0.2, 0) is 5.92 Å². The smallest absolute Gasteiger partial charge is 0.285 e. The summed E-state index contributed by atoms with van der Waals surface area (Å²) >= 11 is 0. The van der Waals surface area contributed by atoms with E-state index in [2.05, 4.69) is 19.2 Å². The van der Waals surface area contributed by atoms with Gasteiger partial charge < -0.3 is 5.32 Å². The molecule has 2 nitrogen and oxygen atoms in total. The molecule has 4 heteroatoms. The van der Waals surface area contributed by atoms with Gasteiger partial charge in [-0.1, -0.05) is 44.2 Å². The predicted octanol–water partition coefficient (Wildman–Crippen LogP) is 2.71. The molecule has 0 saturated carbocycles. The van der Waals surface area contributed by atoms with Gasteiger partial charge in [0.1, 0.15) is 0 Å². The fourth-order valence-corrected chi connectivity index (χ4v) is 2.65. The summed E-state index contributed by atoms with van der Waals surface area (Å²) < 4.78 is 28.6. The van der Waals surface area contributed by atoms with Crippen LogP contribution >= 0.6 is 0 Å². The summed E-state index contributed by atoms with van der Waals surface area (Å²) in [5, 5.41) is 3.29. The van der Waals surface area contributed by atoms with Crippen molar-refractivity contribution in [3.8, 4) is 0 Å². The maximum absolute atomic E-state index is 14.3. The van der Waals surface area contributed by atoms with Crippen molar-refractivity contribution in [1.29, 1.82) is 0 Å². The zero-order chi connectivity index (χ0) is 13.9. The number of alkyl halides is 2. The van der Waals surface area contributed by atoms with Gasteiger partial charge in [-0.3, -0.25) is 4.90 Å². The Labute approximate surface area is 113 Å². The van der Waals surface area contributed by atoms with Crippen molar-refractivity contribution < 1.29 is 8.78 Å². The maximum atomic E-state index is 14.3. The summed E-state index contributed by atoms with van der Waals surface area (Å²) in [7, 11) is 0. The topological polar surface area (TPSA) is 15.3 Å². The van der Waals surface area contributed by atoms with Crippen LogP contribution in [0.15, 0.2) is 30.3 Å². The van der Waals surface area contributed by atoms with E-state index in [1.54, 1.807) is 18.2 Å². The normalized spacial score (nSPS) is 21.8. The average Bonchev–Trinajstić information content (AvgIpc) is 2.39. The van der Waals surface area contributed by atoms with Crippen molar-refractivity contribution in [3.63, 3.8) is 0 Å². The maximum Gasteiger partial charge on any atom is 0.285 e. The minimum atomic E-state index is -2.79. The van der Waals surface area contributed by atoms with E-state index in [0.717, 1.165) is 13.1 Å². The number of hydrogen-bond donors (Lipinski definition) is 1. The molecule has 1 heterocycles. The van der Waals surface area contributed by atoms with Crippen LogP contribution in [0.4, 0.5) is 8.78 Å². The van der Waals surface area contributed by atoms with E-state index < -0.39 is 5.92 Å². The van der Waals surface area contributed by atoms with Crippen LogP contribution in [0.25, 0.3) is 0 Å². The lowest BCUT2D eigenvalue weighted by molar-refractivity contribution is -0.0570. The Kier molecular flexibility index (Phi) is 4.53. The van der Waals surface area contributed by atoms with Gasteiger partial charge in [-0.05, 0) is 5.92 Å². The summed E-state index contributed by atoms with van der Waals surface area (Å²) in [6.45, 7) is 6.25. The highest BCUT2D eigenvalue weighted by Gasteiger charge is 2.37. The number of nitrogens with one attached hydrogen (secondary N) is 1. The second-order valence-electron chi connectivity index (χ2n) is 5.56.